The quantitative estimate of drug-likeness (QED) is 0.789. The zero-order chi connectivity index (χ0) is 12.4. The van der Waals surface area contributed by atoms with Crippen molar-refractivity contribution in [3.63, 3.8) is 0 Å². The maximum Gasteiger partial charge on any atom is 0.141 e. The summed E-state index contributed by atoms with van der Waals surface area (Å²) in [5.41, 5.74) is 4.33. The second kappa shape index (κ2) is 4.38. The van der Waals surface area contributed by atoms with Crippen LogP contribution in [0.1, 0.15) is 23.7 Å². The molecule has 0 amide bonds. The molecule has 86 valence electrons. The van der Waals surface area contributed by atoms with Crippen LogP contribution in [-0.2, 0) is 13.5 Å². The second-order valence-electron chi connectivity index (χ2n) is 3.98. The van der Waals surface area contributed by atoms with Crippen molar-refractivity contribution in [2.24, 2.45) is 7.05 Å². The van der Waals surface area contributed by atoms with E-state index < -0.39 is 0 Å². The van der Waals surface area contributed by atoms with Crippen LogP contribution < -0.4 is 0 Å². The third kappa shape index (κ3) is 2.04. The Morgan fingerprint density at radius 2 is 2.24 bits per heavy atom. The lowest BCUT2D eigenvalue weighted by molar-refractivity contribution is 0.769. The summed E-state index contributed by atoms with van der Waals surface area (Å²) in [7, 11) is 1.87. The van der Waals surface area contributed by atoms with Gasteiger partial charge in [-0.2, -0.15) is 10.4 Å². The topological polar surface area (TPSA) is 54.5 Å². The first-order valence-electron chi connectivity index (χ1n) is 5.56. The summed E-state index contributed by atoms with van der Waals surface area (Å²) in [5.74, 6) is 0. The van der Waals surface area contributed by atoms with Crippen LogP contribution in [0.4, 0.5) is 0 Å². The highest BCUT2D eigenvalue weighted by atomic mass is 15.2. The number of aryl methyl sites for hydroxylation is 2. The molecule has 4 heteroatoms. The Bertz CT molecular complexity index is 590. The Labute approximate surface area is 101 Å². The molecular formula is C13H14N4. The summed E-state index contributed by atoms with van der Waals surface area (Å²) in [6, 6.07) is 5.86. The molecule has 0 N–H and O–H groups in total. The molecule has 0 saturated carbocycles. The van der Waals surface area contributed by atoms with Crippen LogP contribution in [0, 0.1) is 18.3 Å². The van der Waals surface area contributed by atoms with Gasteiger partial charge in [-0.15, -0.1) is 0 Å². The average Bonchev–Trinajstić information content (AvgIpc) is 2.76. The van der Waals surface area contributed by atoms with Crippen LogP contribution in [-0.4, -0.2) is 14.8 Å². The zero-order valence-corrected chi connectivity index (χ0v) is 10.2. The van der Waals surface area contributed by atoms with Gasteiger partial charge in [0.05, 0.1) is 5.69 Å². The normalized spacial score (nSPS) is 10.2. The minimum absolute atomic E-state index is 0.452. The van der Waals surface area contributed by atoms with E-state index in [1.54, 1.807) is 4.68 Å². The monoisotopic (exact) mass is 226 g/mol. The van der Waals surface area contributed by atoms with Crippen LogP contribution in [0.5, 0.6) is 0 Å². The lowest BCUT2D eigenvalue weighted by Crippen LogP contribution is -1.99. The molecule has 0 atom stereocenters. The lowest BCUT2D eigenvalue weighted by Gasteiger charge is -2.08. The summed E-state index contributed by atoms with van der Waals surface area (Å²) in [5, 5.41) is 13.3. The van der Waals surface area contributed by atoms with E-state index >= 15 is 0 Å². The maximum absolute atomic E-state index is 8.99. The van der Waals surface area contributed by atoms with Gasteiger partial charge in [-0.05, 0) is 36.6 Å². The summed E-state index contributed by atoms with van der Waals surface area (Å²) in [6.45, 7) is 4.10. The Morgan fingerprint density at radius 1 is 1.47 bits per heavy atom. The molecule has 2 rings (SSSR count). The molecule has 0 aliphatic rings. The van der Waals surface area contributed by atoms with E-state index in [-0.39, 0.29) is 0 Å². The summed E-state index contributed by atoms with van der Waals surface area (Å²) in [6.07, 6.45) is 2.77. The van der Waals surface area contributed by atoms with E-state index in [0.29, 0.717) is 5.69 Å². The molecule has 0 radical (unpaired) electrons. The Hall–Kier alpha value is -2.15. The molecule has 0 fully saturated rings. The van der Waals surface area contributed by atoms with Gasteiger partial charge in [0.2, 0.25) is 0 Å². The highest BCUT2D eigenvalue weighted by Gasteiger charge is 2.11. The molecule has 2 aromatic rings. The van der Waals surface area contributed by atoms with E-state index in [2.05, 4.69) is 23.1 Å². The van der Waals surface area contributed by atoms with Gasteiger partial charge in [0, 0.05) is 13.2 Å². The standard InChI is InChI=1S/C13H14N4/c1-4-10-7-11(8-14)15-13(9(10)2)12-5-6-17(3)16-12/h5-7H,4H2,1-3H3. The molecule has 4 nitrogen and oxygen atoms in total. The first-order valence-corrected chi connectivity index (χ1v) is 5.56. The summed E-state index contributed by atoms with van der Waals surface area (Å²) in [4.78, 5) is 4.35. The van der Waals surface area contributed by atoms with Crippen molar-refractivity contribution in [3.05, 3.63) is 35.2 Å². The van der Waals surface area contributed by atoms with E-state index in [1.165, 1.54) is 0 Å². The number of rotatable bonds is 2. The van der Waals surface area contributed by atoms with Gasteiger partial charge in [-0.1, -0.05) is 6.92 Å². The third-order valence-corrected chi connectivity index (χ3v) is 2.83. The fourth-order valence-electron chi connectivity index (χ4n) is 1.88. The Morgan fingerprint density at radius 3 is 2.76 bits per heavy atom. The van der Waals surface area contributed by atoms with Gasteiger partial charge < -0.3 is 0 Å². The van der Waals surface area contributed by atoms with Crippen molar-refractivity contribution in [2.75, 3.05) is 0 Å². The molecule has 0 spiro atoms. The van der Waals surface area contributed by atoms with Crippen molar-refractivity contribution >= 4 is 0 Å². The number of hydrogen-bond acceptors (Lipinski definition) is 3. The van der Waals surface area contributed by atoms with Crippen molar-refractivity contribution in [2.45, 2.75) is 20.3 Å². The van der Waals surface area contributed by atoms with Crippen LogP contribution in [0.15, 0.2) is 18.3 Å². The fourth-order valence-corrected chi connectivity index (χ4v) is 1.88. The smallest absolute Gasteiger partial charge is 0.141 e. The number of pyridine rings is 1. The van der Waals surface area contributed by atoms with Crippen LogP contribution in [0.2, 0.25) is 0 Å². The number of aromatic nitrogens is 3. The molecular weight excluding hydrogens is 212 g/mol. The first kappa shape index (κ1) is 11.3. The SMILES string of the molecule is CCc1cc(C#N)nc(-c2ccn(C)n2)c1C. The molecule has 0 aliphatic heterocycles. The average molecular weight is 226 g/mol. The van der Waals surface area contributed by atoms with Crippen LogP contribution in [0.25, 0.3) is 11.4 Å². The van der Waals surface area contributed by atoms with Gasteiger partial charge in [-0.3, -0.25) is 4.68 Å². The third-order valence-electron chi connectivity index (χ3n) is 2.83. The van der Waals surface area contributed by atoms with E-state index in [1.807, 2.05) is 32.3 Å². The molecule has 0 aliphatic carbocycles. The van der Waals surface area contributed by atoms with Crippen molar-refractivity contribution < 1.29 is 0 Å². The fraction of sp³-hybridized carbons (Fsp3) is 0.308. The number of nitriles is 1. The van der Waals surface area contributed by atoms with Gasteiger partial charge in [-0.25, -0.2) is 4.98 Å². The van der Waals surface area contributed by atoms with Crippen molar-refractivity contribution in [1.29, 1.82) is 5.26 Å². The summed E-state index contributed by atoms with van der Waals surface area (Å²) >= 11 is 0. The highest BCUT2D eigenvalue weighted by molar-refractivity contribution is 5.61. The van der Waals surface area contributed by atoms with Gasteiger partial charge >= 0.3 is 0 Å². The summed E-state index contributed by atoms with van der Waals surface area (Å²) < 4.78 is 1.74. The molecule has 0 unspecified atom stereocenters. The molecule has 0 saturated heterocycles. The van der Waals surface area contributed by atoms with Crippen LogP contribution >= 0.6 is 0 Å². The molecule has 0 aromatic carbocycles. The largest absolute Gasteiger partial charge is 0.275 e. The van der Waals surface area contributed by atoms with Gasteiger partial charge in [0.15, 0.2) is 0 Å². The maximum atomic E-state index is 8.99. The minimum Gasteiger partial charge on any atom is -0.275 e. The highest BCUT2D eigenvalue weighted by Crippen LogP contribution is 2.23. The number of nitrogens with zero attached hydrogens (tertiary/aromatic N) is 4. The number of hydrogen-bond donors (Lipinski definition) is 0. The minimum atomic E-state index is 0.452. The van der Waals surface area contributed by atoms with Crippen LogP contribution in [0.3, 0.4) is 0 Å². The first-order chi connectivity index (χ1) is 8.15. The lowest BCUT2D eigenvalue weighted by atomic mass is 10.0. The predicted molar refractivity (Wildman–Crippen MR) is 65.3 cm³/mol. The van der Waals surface area contributed by atoms with E-state index in [4.69, 9.17) is 5.26 Å². The van der Waals surface area contributed by atoms with E-state index in [0.717, 1.165) is 28.9 Å². The van der Waals surface area contributed by atoms with Gasteiger partial charge in [0.25, 0.3) is 0 Å². The molecule has 17 heavy (non-hydrogen) atoms. The van der Waals surface area contributed by atoms with Crippen molar-refractivity contribution in [3.8, 4) is 17.5 Å². The Kier molecular flexibility index (Phi) is 2.92. The molecule has 2 heterocycles. The van der Waals surface area contributed by atoms with Crippen molar-refractivity contribution in [1.82, 2.24) is 14.8 Å². The Balaban J connectivity index is 2.64. The zero-order valence-electron chi connectivity index (χ0n) is 10.2. The predicted octanol–water partition coefficient (Wildman–Crippen LogP) is 2.22. The molecule has 0 bridgehead atoms. The van der Waals surface area contributed by atoms with E-state index in [9.17, 15) is 0 Å². The van der Waals surface area contributed by atoms with Gasteiger partial charge in [0.1, 0.15) is 17.5 Å². The molecule has 2 aromatic heterocycles. The second-order valence-corrected chi connectivity index (χ2v) is 3.98.